The van der Waals surface area contributed by atoms with Crippen LogP contribution in [0.2, 0.25) is 0 Å². The molecule has 25 heavy (non-hydrogen) atoms. The molecular weight excluding hydrogens is 433 g/mol. The molecule has 0 radical (unpaired) electrons. The lowest BCUT2D eigenvalue weighted by molar-refractivity contribution is -0.129. The largest absolute Gasteiger partial charge is 0.462 e. The number of carbonyl (C=O) groups is 2. The molecule has 0 saturated carbocycles. The van der Waals surface area contributed by atoms with Crippen molar-refractivity contribution in [1.82, 2.24) is 0 Å². The van der Waals surface area contributed by atoms with Crippen LogP contribution in [0.4, 0.5) is 0 Å². The number of cyclic esters (lactones) is 1. The number of aliphatic imine (C=N–C) groups is 1. The lowest BCUT2D eigenvalue weighted by atomic mass is 10.1. The third-order valence-electron chi connectivity index (χ3n) is 3.42. The standard InChI is InChI=1S/C19H14INO4/c1-2-24-18(22)13-8-6-12(7-9-13)10-16-19(23)25-17(21-16)14-4-3-5-15(20)11-14/h3-11H,2H2,1H3/b16-10-. The first-order valence-corrected chi connectivity index (χ1v) is 8.70. The zero-order valence-electron chi connectivity index (χ0n) is 13.4. The minimum Gasteiger partial charge on any atom is -0.462 e. The molecule has 0 fully saturated rings. The minimum absolute atomic E-state index is 0.220. The van der Waals surface area contributed by atoms with Crippen molar-refractivity contribution in [2.75, 3.05) is 6.61 Å². The highest BCUT2D eigenvalue weighted by Crippen LogP contribution is 2.20. The van der Waals surface area contributed by atoms with Crippen molar-refractivity contribution < 1.29 is 19.1 Å². The molecule has 2 aromatic rings. The summed E-state index contributed by atoms with van der Waals surface area (Å²) >= 11 is 2.19. The van der Waals surface area contributed by atoms with Gasteiger partial charge in [0.15, 0.2) is 5.70 Å². The van der Waals surface area contributed by atoms with Gasteiger partial charge < -0.3 is 9.47 Å². The lowest BCUT2D eigenvalue weighted by Gasteiger charge is -2.01. The molecular formula is C19H14INO4. The molecule has 5 nitrogen and oxygen atoms in total. The Morgan fingerprint density at radius 2 is 2.00 bits per heavy atom. The van der Waals surface area contributed by atoms with Crippen molar-refractivity contribution >= 4 is 46.5 Å². The Kier molecular flexibility index (Phi) is 5.28. The van der Waals surface area contributed by atoms with E-state index in [0.717, 1.165) is 14.7 Å². The van der Waals surface area contributed by atoms with Crippen LogP contribution in [-0.4, -0.2) is 24.4 Å². The predicted octanol–water partition coefficient (Wildman–Crippen LogP) is 3.81. The number of hydrogen-bond acceptors (Lipinski definition) is 5. The molecule has 126 valence electrons. The van der Waals surface area contributed by atoms with Gasteiger partial charge in [-0.25, -0.2) is 14.6 Å². The molecule has 0 N–H and O–H groups in total. The average molecular weight is 447 g/mol. The molecule has 1 aliphatic rings. The van der Waals surface area contributed by atoms with Gasteiger partial charge >= 0.3 is 11.9 Å². The lowest BCUT2D eigenvalue weighted by Crippen LogP contribution is -2.05. The molecule has 1 heterocycles. The summed E-state index contributed by atoms with van der Waals surface area (Å²) in [6.45, 7) is 2.08. The van der Waals surface area contributed by atoms with Gasteiger partial charge in [0.1, 0.15) is 0 Å². The highest BCUT2D eigenvalue weighted by Gasteiger charge is 2.24. The maximum atomic E-state index is 12.0. The maximum absolute atomic E-state index is 12.0. The summed E-state index contributed by atoms with van der Waals surface area (Å²) in [6.07, 6.45) is 1.62. The van der Waals surface area contributed by atoms with Gasteiger partial charge in [-0.2, -0.15) is 0 Å². The first kappa shape index (κ1) is 17.3. The normalized spacial score (nSPS) is 15.0. The molecule has 2 aromatic carbocycles. The first-order valence-electron chi connectivity index (χ1n) is 7.62. The van der Waals surface area contributed by atoms with Crippen molar-refractivity contribution in [3.8, 4) is 0 Å². The molecule has 0 unspecified atom stereocenters. The van der Waals surface area contributed by atoms with Gasteiger partial charge in [-0.05, 0) is 71.5 Å². The van der Waals surface area contributed by atoms with E-state index < -0.39 is 5.97 Å². The molecule has 3 rings (SSSR count). The fourth-order valence-corrected chi connectivity index (χ4v) is 2.78. The van der Waals surface area contributed by atoms with Crippen molar-refractivity contribution in [3.05, 3.63) is 74.5 Å². The Hall–Kier alpha value is -2.48. The number of benzene rings is 2. The summed E-state index contributed by atoms with van der Waals surface area (Å²) in [5, 5.41) is 0. The third-order valence-corrected chi connectivity index (χ3v) is 4.09. The van der Waals surface area contributed by atoms with Crippen LogP contribution in [0.25, 0.3) is 6.08 Å². The van der Waals surface area contributed by atoms with Crippen molar-refractivity contribution in [2.45, 2.75) is 6.92 Å². The molecule has 6 heteroatoms. The van der Waals surface area contributed by atoms with E-state index in [2.05, 4.69) is 27.6 Å². The van der Waals surface area contributed by atoms with Crippen LogP contribution in [0.5, 0.6) is 0 Å². The van der Waals surface area contributed by atoms with Crippen molar-refractivity contribution in [1.29, 1.82) is 0 Å². The SMILES string of the molecule is CCOC(=O)c1ccc(/C=C2\N=C(c3cccc(I)c3)OC2=O)cc1. The van der Waals surface area contributed by atoms with E-state index in [-0.39, 0.29) is 17.6 Å². The van der Waals surface area contributed by atoms with Gasteiger partial charge in [0.25, 0.3) is 0 Å². The molecule has 0 amide bonds. The Labute approximate surface area is 158 Å². The number of hydrogen-bond donors (Lipinski definition) is 0. The van der Waals surface area contributed by atoms with Gasteiger partial charge in [0.05, 0.1) is 12.2 Å². The second kappa shape index (κ2) is 7.60. The molecule has 0 aromatic heterocycles. The van der Waals surface area contributed by atoms with Crippen LogP contribution in [0.1, 0.15) is 28.4 Å². The van der Waals surface area contributed by atoms with Gasteiger partial charge in [-0.15, -0.1) is 0 Å². The van der Waals surface area contributed by atoms with E-state index in [9.17, 15) is 9.59 Å². The fourth-order valence-electron chi connectivity index (χ4n) is 2.24. The van der Waals surface area contributed by atoms with Crippen molar-refractivity contribution in [2.24, 2.45) is 4.99 Å². The van der Waals surface area contributed by atoms with Gasteiger partial charge in [0, 0.05) is 9.13 Å². The molecule has 0 aliphatic carbocycles. The van der Waals surface area contributed by atoms with Crippen LogP contribution in [-0.2, 0) is 14.3 Å². The highest BCUT2D eigenvalue weighted by atomic mass is 127. The van der Waals surface area contributed by atoms with Crippen LogP contribution >= 0.6 is 22.6 Å². The summed E-state index contributed by atoms with van der Waals surface area (Å²) < 4.78 is 11.2. The molecule has 0 atom stereocenters. The van der Waals surface area contributed by atoms with Gasteiger partial charge in [0.2, 0.25) is 5.90 Å². The fraction of sp³-hybridized carbons (Fsp3) is 0.105. The van der Waals surface area contributed by atoms with E-state index in [1.54, 1.807) is 37.3 Å². The average Bonchev–Trinajstić information content (AvgIpc) is 2.96. The van der Waals surface area contributed by atoms with E-state index >= 15 is 0 Å². The van der Waals surface area contributed by atoms with Crippen LogP contribution in [0.15, 0.2) is 59.2 Å². The molecule has 0 bridgehead atoms. The van der Waals surface area contributed by atoms with Gasteiger partial charge in [-0.1, -0.05) is 18.2 Å². The second-order valence-corrected chi connectivity index (χ2v) is 6.43. The molecule has 0 spiro atoms. The zero-order valence-corrected chi connectivity index (χ0v) is 15.5. The first-order chi connectivity index (χ1) is 12.1. The molecule has 1 aliphatic heterocycles. The highest BCUT2D eigenvalue weighted by molar-refractivity contribution is 14.1. The number of esters is 2. The Balaban J connectivity index is 1.83. The van der Waals surface area contributed by atoms with E-state index in [4.69, 9.17) is 9.47 Å². The smallest absolute Gasteiger partial charge is 0.363 e. The van der Waals surface area contributed by atoms with Gasteiger partial charge in [-0.3, -0.25) is 0 Å². The summed E-state index contributed by atoms with van der Waals surface area (Å²) in [4.78, 5) is 27.9. The van der Waals surface area contributed by atoms with Crippen LogP contribution < -0.4 is 0 Å². The van der Waals surface area contributed by atoms with Crippen LogP contribution in [0.3, 0.4) is 0 Å². The zero-order chi connectivity index (χ0) is 17.8. The van der Waals surface area contributed by atoms with Crippen LogP contribution in [0, 0.1) is 3.57 Å². The van der Waals surface area contributed by atoms with E-state index in [0.29, 0.717) is 12.2 Å². The Morgan fingerprint density at radius 1 is 1.24 bits per heavy atom. The number of nitrogens with zero attached hydrogens (tertiary/aromatic N) is 1. The Bertz CT molecular complexity index is 885. The quantitative estimate of drug-likeness (QED) is 0.406. The van der Waals surface area contributed by atoms with E-state index in [1.165, 1.54) is 0 Å². The molecule has 0 saturated heterocycles. The summed E-state index contributed by atoms with van der Waals surface area (Å²) in [5.74, 6) is -0.581. The monoisotopic (exact) mass is 447 g/mol. The number of halogens is 1. The predicted molar refractivity (Wildman–Crippen MR) is 102 cm³/mol. The number of rotatable bonds is 4. The summed E-state index contributed by atoms with van der Waals surface area (Å²) in [5.41, 5.74) is 2.17. The summed E-state index contributed by atoms with van der Waals surface area (Å²) in [6, 6.07) is 14.3. The Morgan fingerprint density at radius 3 is 2.68 bits per heavy atom. The topological polar surface area (TPSA) is 65.0 Å². The third kappa shape index (κ3) is 4.14. The minimum atomic E-state index is -0.497. The number of ether oxygens (including phenoxy) is 2. The number of carbonyl (C=O) groups excluding carboxylic acids is 2. The van der Waals surface area contributed by atoms with Crippen molar-refractivity contribution in [3.63, 3.8) is 0 Å². The summed E-state index contributed by atoms with van der Waals surface area (Å²) in [7, 11) is 0. The van der Waals surface area contributed by atoms with E-state index in [1.807, 2.05) is 24.3 Å². The maximum Gasteiger partial charge on any atom is 0.363 e. The second-order valence-electron chi connectivity index (χ2n) is 5.19.